The summed E-state index contributed by atoms with van der Waals surface area (Å²) in [5, 5.41) is 4.02. The Kier molecular flexibility index (Phi) is 6.59. The number of hydrazone groups is 1. The molecule has 0 radical (unpaired) electrons. The Bertz CT molecular complexity index is 538. The molecule has 1 N–H and O–H groups in total. The lowest BCUT2D eigenvalue weighted by Crippen LogP contribution is -2.27. The van der Waals surface area contributed by atoms with Gasteiger partial charge in [0.2, 0.25) is 0 Å². The van der Waals surface area contributed by atoms with Gasteiger partial charge in [0.15, 0.2) is 0 Å². The maximum absolute atomic E-state index is 12.0. The fourth-order valence-electron chi connectivity index (χ4n) is 1.94. The van der Waals surface area contributed by atoms with Crippen molar-refractivity contribution >= 4 is 17.6 Å². The molecule has 1 amide bonds. The Morgan fingerprint density at radius 1 is 1.33 bits per heavy atom. The smallest absolute Gasteiger partial charge is 0.314 e. The second-order valence-corrected chi connectivity index (χ2v) is 4.78. The first kappa shape index (κ1) is 16.9. The lowest BCUT2D eigenvalue weighted by molar-refractivity contribution is -0.145. The van der Waals surface area contributed by atoms with Gasteiger partial charge >= 0.3 is 5.97 Å². The van der Waals surface area contributed by atoms with Crippen LogP contribution in [0.25, 0.3) is 0 Å². The maximum Gasteiger partial charge on any atom is 0.314 e. The molecule has 0 aliphatic rings. The predicted octanol–water partition coefficient (Wildman–Crippen LogP) is 2.69. The van der Waals surface area contributed by atoms with Crippen LogP contribution in [0.3, 0.4) is 0 Å². The molecule has 1 rings (SSSR count). The number of hydrogen-bond acceptors (Lipinski definition) is 4. The molecule has 114 valence electrons. The van der Waals surface area contributed by atoms with Gasteiger partial charge in [-0.2, -0.15) is 5.10 Å². The molecular formula is C16H22N2O3. The molecule has 5 heteroatoms. The van der Waals surface area contributed by atoms with Crippen LogP contribution in [-0.4, -0.2) is 24.2 Å². The van der Waals surface area contributed by atoms with Crippen LogP contribution in [-0.2, 0) is 9.53 Å². The zero-order valence-corrected chi connectivity index (χ0v) is 13.0. The van der Waals surface area contributed by atoms with Crippen LogP contribution >= 0.6 is 0 Å². The van der Waals surface area contributed by atoms with Crippen LogP contribution in [0.4, 0.5) is 0 Å². The Morgan fingerprint density at radius 2 is 2.05 bits per heavy atom. The standard InChI is InChI=1S/C16H22N2O3/c1-5-14(16(20)21-6-2)12(4)17-18-15(19)13-9-7-8-11(3)10-13/h7-10,14H,5-6H2,1-4H3,(H,18,19)/t14-/m1/s1. The highest BCUT2D eigenvalue weighted by atomic mass is 16.5. The van der Waals surface area contributed by atoms with Gasteiger partial charge in [-0.25, -0.2) is 5.43 Å². The van der Waals surface area contributed by atoms with E-state index in [9.17, 15) is 9.59 Å². The molecular weight excluding hydrogens is 268 g/mol. The monoisotopic (exact) mass is 290 g/mol. The Labute approximate surface area is 125 Å². The van der Waals surface area contributed by atoms with Gasteiger partial charge in [0.25, 0.3) is 5.91 Å². The summed E-state index contributed by atoms with van der Waals surface area (Å²) in [6.45, 7) is 7.60. The van der Waals surface area contributed by atoms with E-state index in [1.54, 1.807) is 26.0 Å². The van der Waals surface area contributed by atoms with Gasteiger partial charge in [-0.1, -0.05) is 24.6 Å². The first-order chi connectivity index (χ1) is 9.99. The zero-order chi connectivity index (χ0) is 15.8. The van der Waals surface area contributed by atoms with Crippen molar-refractivity contribution in [1.29, 1.82) is 0 Å². The Morgan fingerprint density at radius 3 is 2.62 bits per heavy atom. The third kappa shape index (κ3) is 5.02. The summed E-state index contributed by atoms with van der Waals surface area (Å²) in [7, 11) is 0. The maximum atomic E-state index is 12.0. The molecule has 0 heterocycles. The third-order valence-electron chi connectivity index (χ3n) is 3.10. The number of ether oxygens (including phenoxy) is 1. The average molecular weight is 290 g/mol. The van der Waals surface area contributed by atoms with E-state index in [0.29, 0.717) is 24.3 Å². The van der Waals surface area contributed by atoms with Gasteiger partial charge in [-0.15, -0.1) is 0 Å². The van der Waals surface area contributed by atoms with E-state index in [0.717, 1.165) is 5.56 Å². The molecule has 1 aromatic carbocycles. The minimum Gasteiger partial charge on any atom is -0.465 e. The van der Waals surface area contributed by atoms with Crippen molar-refractivity contribution in [2.24, 2.45) is 11.0 Å². The number of nitrogens with zero attached hydrogens (tertiary/aromatic N) is 1. The van der Waals surface area contributed by atoms with Crippen molar-refractivity contribution < 1.29 is 14.3 Å². The fourth-order valence-corrected chi connectivity index (χ4v) is 1.94. The van der Waals surface area contributed by atoms with Crippen LogP contribution < -0.4 is 5.43 Å². The van der Waals surface area contributed by atoms with Crippen molar-refractivity contribution in [2.45, 2.75) is 34.1 Å². The van der Waals surface area contributed by atoms with Crippen LogP contribution in [0.2, 0.25) is 0 Å². The molecule has 0 bridgehead atoms. The molecule has 21 heavy (non-hydrogen) atoms. The number of esters is 1. The third-order valence-corrected chi connectivity index (χ3v) is 3.10. The summed E-state index contributed by atoms with van der Waals surface area (Å²) < 4.78 is 4.99. The second-order valence-electron chi connectivity index (χ2n) is 4.78. The van der Waals surface area contributed by atoms with Crippen LogP contribution in [0.5, 0.6) is 0 Å². The molecule has 0 aliphatic carbocycles. The van der Waals surface area contributed by atoms with Crippen molar-refractivity contribution in [1.82, 2.24) is 5.43 Å². The van der Waals surface area contributed by atoms with Gasteiger partial charge in [-0.3, -0.25) is 9.59 Å². The molecule has 0 unspecified atom stereocenters. The molecule has 5 nitrogen and oxygen atoms in total. The second kappa shape index (κ2) is 8.19. The average Bonchev–Trinajstić information content (AvgIpc) is 2.45. The summed E-state index contributed by atoms with van der Waals surface area (Å²) in [5.41, 5.74) is 4.56. The summed E-state index contributed by atoms with van der Waals surface area (Å²) in [6.07, 6.45) is 0.578. The topological polar surface area (TPSA) is 67.8 Å². The lowest BCUT2D eigenvalue weighted by Gasteiger charge is -2.13. The predicted molar refractivity (Wildman–Crippen MR) is 82.2 cm³/mol. The number of carbonyl (C=O) groups is 2. The van der Waals surface area contributed by atoms with Crippen LogP contribution in [0, 0.1) is 12.8 Å². The molecule has 1 aromatic rings. The van der Waals surface area contributed by atoms with Crippen LogP contribution in [0.15, 0.2) is 29.4 Å². The van der Waals surface area contributed by atoms with E-state index >= 15 is 0 Å². The Balaban J connectivity index is 2.74. The zero-order valence-electron chi connectivity index (χ0n) is 13.0. The van der Waals surface area contributed by atoms with E-state index in [2.05, 4.69) is 10.5 Å². The highest BCUT2D eigenvalue weighted by Crippen LogP contribution is 2.08. The highest BCUT2D eigenvalue weighted by molar-refractivity contribution is 6.02. The molecule has 0 saturated heterocycles. The molecule has 0 fully saturated rings. The molecule has 0 aromatic heterocycles. The number of amides is 1. The first-order valence-corrected chi connectivity index (χ1v) is 7.07. The number of aryl methyl sites for hydroxylation is 1. The van der Waals surface area contributed by atoms with Crippen molar-refractivity contribution in [3.05, 3.63) is 35.4 Å². The number of carbonyl (C=O) groups excluding carboxylic acids is 2. The van der Waals surface area contributed by atoms with E-state index in [-0.39, 0.29) is 11.9 Å². The Hall–Kier alpha value is -2.17. The number of nitrogens with one attached hydrogen (secondary N) is 1. The van der Waals surface area contributed by atoms with E-state index < -0.39 is 5.92 Å². The molecule has 0 saturated carbocycles. The largest absolute Gasteiger partial charge is 0.465 e. The summed E-state index contributed by atoms with van der Waals surface area (Å²) in [4.78, 5) is 23.7. The normalized spacial score (nSPS) is 12.7. The van der Waals surface area contributed by atoms with E-state index in [1.807, 2.05) is 26.0 Å². The van der Waals surface area contributed by atoms with Gasteiger partial charge in [0.1, 0.15) is 0 Å². The minimum absolute atomic E-state index is 0.295. The highest BCUT2D eigenvalue weighted by Gasteiger charge is 2.21. The van der Waals surface area contributed by atoms with Crippen molar-refractivity contribution in [2.75, 3.05) is 6.61 Å². The van der Waals surface area contributed by atoms with Gasteiger partial charge in [-0.05, 0) is 39.3 Å². The van der Waals surface area contributed by atoms with E-state index in [1.165, 1.54) is 0 Å². The quantitative estimate of drug-likeness (QED) is 0.497. The summed E-state index contributed by atoms with van der Waals surface area (Å²) in [5.74, 6) is -1.04. The number of hydrogen-bond donors (Lipinski definition) is 1. The first-order valence-electron chi connectivity index (χ1n) is 7.07. The summed E-state index contributed by atoms with van der Waals surface area (Å²) in [6, 6.07) is 7.23. The van der Waals surface area contributed by atoms with Crippen molar-refractivity contribution in [3.63, 3.8) is 0 Å². The SMILES string of the molecule is CCOC(=O)[C@H](CC)C(C)=NNC(=O)c1cccc(C)c1. The van der Waals surface area contributed by atoms with Gasteiger partial charge in [0, 0.05) is 11.3 Å². The van der Waals surface area contributed by atoms with Gasteiger partial charge in [0.05, 0.1) is 12.5 Å². The number of benzene rings is 1. The molecule has 1 atom stereocenters. The molecule has 0 aliphatic heterocycles. The minimum atomic E-state index is -0.428. The van der Waals surface area contributed by atoms with Crippen LogP contribution in [0.1, 0.15) is 43.1 Å². The summed E-state index contributed by atoms with van der Waals surface area (Å²) >= 11 is 0. The fraction of sp³-hybridized carbons (Fsp3) is 0.438. The van der Waals surface area contributed by atoms with Crippen molar-refractivity contribution in [3.8, 4) is 0 Å². The molecule has 0 spiro atoms. The lowest BCUT2D eigenvalue weighted by atomic mass is 10.0. The number of rotatable bonds is 6. The van der Waals surface area contributed by atoms with Gasteiger partial charge < -0.3 is 4.74 Å². The van der Waals surface area contributed by atoms with E-state index in [4.69, 9.17) is 4.74 Å².